The molecule has 5 heteroatoms. The van der Waals surface area contributed by atoms with Crippen LogP contribution in [0.1, 0.15) is 12.8 Å². The molecule has 0 spiro atoms. The van der Waals surface area contributed by atoms with Gasteiger partial charge in [-0.2, -0.15) is 0 Å². The minimum absolute atomic E-state index is 0.0701. The average molecular weight is 314 g/mol. The number of halogens is 1. The summed E-state index contributed by atoms with van der Waals surface area (Å²) in [6.45, 7) is 2.77. The van der Waals surface area contributed by atoms with Gasteiger partial charge in [-0.25, -0.2) is 0 Å². The molecule has 0 aliphatic carbocycles. The molecule has 1 aromatic rings. The zero-order valence-corrected chi connectivity index (χ0v) is 12.9. The Bertz CT molecular complexity index is 459. The summed E-state index contributed by atoms with van der Waals surface area (Å²) >= 11 is 7.72. The third-order valence-corrected chi connectivity index (χ3v) is 5.71. The molecule has 2 aliphatic rings. The Labute approximate surface area is 129 Å². The molecule has 3 nitrogen and oxygen atoms in total. The standard InChI is InChI=1S/C15H20ClNO2S/c16-12-5-1-2-6-15(12)20-10-13(18)14-8-17-7-3-4-11(17)9-19-14/h1-2,5-6,11,13-14,18H,3-4,7-10H2. The highest BCUT2D eigenvalue weighted by atomic mass is 35.5. The molecule has 110 valence electrons. The van der Waals surface area contributed by atoms with E-state index in [0.29, 0.717) is 11.8 Å². The molecule has 1 aromatic carbocycles. The first-order valence-electron chi connectivity index (χ1n) is 7.15. The molecule has 3 atom stereocenters. The third kappa shape index (κ3) is 3.31. The number of hydrogen-bond acceptors (Lipinski definition) is 4. The number of rotatable bonds is 4. The summed E-state index contributed by atoms with van der Waals surface area (Å²) in [5, 5.41) is 11.1. The van der Waals surface area contributed by atoms with Crippen LogP contribution in [-0.2, 0) is 4.74 Å². The fraction of sp³-hybridized carbons (Fsp3) is 0.600. The van der Waals surface area contributed by atoms with E-state index in [-0.39, 0.29) is 6.10 Å². The third-order valence-electron chi connectivity index (χ3n) is 4.09. The monoisotopic (exact) mass is 313 g/mol. The lowest BCUT2D eigenvalue weighted by atomic mass is 10.1. The summed E-state index contributed by atoms with van der Waals surface area (Å²) in [6, 6.07) is 8.32. The van der Waals surface area contributed by atoms with Gasteiger partial charge in [-0.05, 0) is 31.5 Å². The van der Waals surface area contributed by atoms with Crippen molar-refractivity contribution in [3.8, 4) is 0 Å². The zero-order chi connectivity index (χ0) is 13.9. The molecule has 0 radical (unpaired) electrons. The SMILES string of the molecule is OC(CSc1ccccc1Cl)C1CN2CCCC2CO1. The van der Waals surface area contributed by atoms with E-state index < -0.39 is 6.10 Å². The summed E-state index contributed by atoms with van der Waals surface area (Å²) in [6.07, 6.45) is 1.97. The molecule has 0 aromatic heterocycles. The van der Waals surface area contributed by atoms with Crippen molar-refractivity contribution in [2.24, 2.45) is 0 Å². The Balaban J connectivity index is 1.52. The minimum Gasteiger partial charge on any atom is -0.389 e. The highest BCUT2D eigenvalue weighted by molar-refractivity contribution is 7.99. The van der Waals surface area contributed by atoms with E-state index in [1.165, 1.54) is 12.8 Å². The van der Waals surface area contributed by atoms with Gasteiger partial charge in [0.25, 0.3) is 0 Å². The highest BCUT2D eigenvalue weighted by Gasteiger charge is 2.35. The van der Waals surface area contributed by atoms with Crippen LogP contribution in [0.3, 0.4) is 0 Å². The van der Waals surface area contributed by atoms with E-state index in [1.807, 2.05) is 24.3 Å². The van der Waals surface area contributed by atoms with Gasteiger partial charge in [0.15, 0.2) is 0 Å². The number of aliphatic hydroxyl groups excluding tert-OH is 1. The van der Waals surface area contributed by atoms with Crippen LogP contribution >= 0.6 is 23.4 Å². The van der Waals surface area contributed by atoms with Gasteiger partial charge >= 0.3 is 0 Å². The molecule has 3 unspecified atom stereocenters. The fourth-order valence-corrected chi connectivity index (χ4v) is 4.16. The first-order chi connectivity index (χ1) is 9.74. The van der Waals surface area contributed by atoms with Crippen LogP contribution in [0.2, 0.25) is 5.02 Å². The maximum absolute atomic E-state index is 10.3. The van der Waals surface area contributed by atoms with Crippen molar-refractivity contribution in [1.29, 1.82) is 0 Å². The molecule has 20 heavy (non-hydrogen) atoms. The number of nitrogens with zero attached hydrogens (tertiary/aromatic N) is 1. The molecule has 0 saturated carbocycles. The van der Waals surface area contributed by atoms with Crippen molar-refractivity contribution in [2.75, 3.05) is 25.4 Å². The van der Waals surface area contributed by atoms with E-state index in [4.69, 9.17) is 16.3 Å². The normalized spacial score (nSPS) is 28.3. The van der Waals surface area contributed by atoms with Gasteiger partial charge in [0.05, 0.1) is 23.8 Å². The molecular formula is C15H20ClNO2S. The van der Waals surface area contributed by atoms with Crippen LogP contribution in [0, 0.1) is 0 Å². The number of aliphatic hydroxyl groups is 1. The molecular weight excluding hydrogens is 294 g/mol. The predicted molar refractivity (Wildman–Crippen MR) is 82.5 cm³/mol. The highest BCUT2D eigenvalue weighted by Crippen LogP contribution is 2.29. The zero-order valence-electron chi connectivity index (χ0n) is 11.4. The van der Waals surface area contributed by atoms with E-state index in [1.54, 1.807) is 11.8 Å². The molecule has 0 amide bonds. The maximum atomic E-state index is 10.3. The molecule has 3 rings (SSSR count). The number of ether oxygens (including phenoxy) is 1. The van der Waals surface area contributed by atoms with E-state index in [0.717, 1.165) is 29.6 Å². The van der Waals surface area contributed by atoms with Gasteiger partial charge in [-0.15, -0.1) is 11.8 Å². The fourth-order valence-electron chi connectivity index (χ4n) is 2.92. The van der Waals surface area contributed by atoms with Gasteiger partial charge in [0, 0.05) is 23.2 Å². The first kappa shape index (κ1) is 14.7. The molecule has 2 aliphatic heterocycles. The Hall–Kier alpha value is -0.260. The molecule has 0 bridgehead atoms. The van der Waals surface area contributed by atoms with Gasteiger partial charge in [-0.3, -0.25) is 4.90 Å². The van der Waals surface area contributed by atoms with Crippen molar-refractivity contribution in [2.45, 2.75) is 36.0 Å². The minimum atomic E-state index is -0.446. The largest absolute Gasteiger partial charge is 0.389 e. The Morgan fingerprint density at radius 2 is 2.30 bits per heavy atom. The lowest BCUT2D eigenvalue weighted by molar-refractivity contribution is -0.0952. The second-order valence-corrected chi connectivity index (χ2v) is 6.94. The second kappa shape index (κ2) is 6.67. The van der Waals surface area contributed by atoms with Crippen molar-refractivity contribution in [1.82, 2.24) is 4.90 Å². The van der Waals surface area contributed by atoms with Gasteiger partial charge in [0.1, 0.15) is 0 Å². The first-order valence-corrected chi connectivity index (χ1v) is 8.51. The number of hydrogen-bond donors (Lipinski definition) is 1. The second-order valence-electron chi connectivity index (χ2n) is 5.47. The van der Waals surface area contributed by atoms with Crippen LogP contribution in [0.15, 0.2) is 29.2 Å². The molecule has 2 fully saturated rings. The van der Waals surface area contributed by atoms with E-state index in [9.17, 15) is 5.11 Å². The van der Waals surface area contributed by atoms with Crippen LogP contribution in [0.5, 0.6) is 0 Å². The van der Waals surface area contributed by atoms with Crippen molar-refractivity contribution >= 4 is 23.4 Å². The number of fused-ring (bicyclic) bond motifs is 1. The maximum Gasteiger partial charge on any atom is 0.0969 e. The van der Waals surface area contributed by atoms with Crippen molar-refractivity contribution in [3.63, 3.8) is 0 Å². The summed E-state index contributed by atoms with van der Waals surface area (Å²) in [7, 11) is 0. The lowest BCUT2D eigenvalue weighted by Gasteiger charge is -2.37. The Morgan fingerprint density at radius 3 is 3.15 bits per heavy atom. The van der Waals surface area contributed by atoms with Crippen molar-refractivity contribution in [3.05, 3.63) is 29.3 Å². The van der Waals surface area contributed by atoms with E-state index >= 15 is 0 Å². The van der Waals surface area contributed by atoms with Crippen LogP contribution in [-0.4, -0.2) is 53.7 Å². The van der Waals surface area contributed by atoms with Crippen molar-refractivity contribution < 1.29 is 9.84 Å². The number of morpholine rings is 1. The van der Waals surface area contributed by atoms with Gasteiger partial charge < -0.3 is 9.84 Å². The average Bonchev–Trinajstić information content (AvgIpc) is 2.93. The summed E-state index contributed by atoms with van der Waals surface area (Å²) in [4.78, 5) is 3.47. The molecule has 2 saturated heterocycles. The summed E-state index contributed by atoms with van der Waals surface area (Å²) in [5.74, 6) is 0.618. The number of thioether (sulfide) groups is 1. The molecule has 1 N–H and O–H groups in total. The summed E-state index contributed by atoms with van der Waals surface area (Å²) in [5.41, 5.74) is 0. The van der Waals surface area contributed by atoms with Crippen LogP contribution in [0.4, 0.5) is 0 Å². The van der Waals surface area contributed by atoms with E-state index in [2.05, 4.69) is 4.90 Å². The van der Waals surface area contributed by atoms with Gasteiger partial charge in [-0.1, -0.05) is 23.7 Å². The quantitative estimate of drug-likeness (QED) is 0.866. The Kier molecular flexibility index (Phi) is 4.89. The smallest absolute Gasteiger partial charge is 0.0969 e. The molecule has 2 heterocycles. The topological polar surface area (TPSA) is 32.7 Å². The van der Waals surface area contributed by atoms with Gasteiger partial charge in [0.2, 0.25) is 0 Å². The van der Waals surface area contributed by atoms with Crippen LogP contribution in [0.25, 0.3) is 0 Å². The Morgan fingerprint density at radius 1 is 1.45 bits per heavy atom. The van der Waals surface area contributed by atoms with Crippen LogP contribution < -0.4 is 0 Å². The predicted octanol–water partition coefficient (Wildman–Crippen LogP) is 2.66. The number of benzene rings is 1. The lowest BCUT2D eigenvalue weighted by Crippen LogP contribution is -2.50. The summed E-state index contributed by atoms with van der Waals surface area (Å²) < 4.78 is 5.83.